The molecular weight excluding hydrogens is 166 g/mol. The van der Waals surface area contributed by atoms with Gasteiger partial charge in [-0.15, -0.1) is 5.32 Å². The molecule has 0 bridgehead atoms. The number of nitrogens with two attached hydrogens (primary N) is 1. The highest BCUT2D eigenvalue weighted by Gasteiger charge is 1.97. The minimum absolute atomic E-state index is 0.0794. The fraction of sp³-hybridized carbons (Fsp3) is 0.125. The maximum absolute atomic E-state index is 8.19. The van der Waals surface area contributed by atoms with Crippen LogP contribution in [0.5, 0.6) is 0 Å². The summed E-state index contributed by atoms with van der Waals surface area (Å²) in [6, 6.07) is 3.65. The number of pyridine rings is 1. The maximum Gasteiger partial charge on any atom is 0.232 e. The lowest BCUT2D eigenvalue weighted by molar-refractivity contribution is 1.16. The van der Waals surface area contributed by atoms with Crippen LogP contribution in [0.3, 0.4) is 0 Å². The van der Waals surface area contributed by atoms with E-state index in [1.54, 1.807) is 18.5 Å². The van der Waals surface area contributed by atoms with Gasteiger partial charge < -0.3 is 5.73 Å². The Kier molecular flexibility index (Phi) is 2.82. The Morgan fingerprint density at radius 1 is 1.69 bits per heavy atom. The number of hydrogen-bond donors (Lipinski definition) is 1. The summed E-state index contributed by atoms with van der Waals surface area (Å²) < 4.78 is 0. The molecule has 0 saturated heterocycles. The average molecular weight is 174 g/mol. The van der Waals surface area contributed by atoms with Crippen molar-refractivity contribution in [3.63, 3.8) is 0 Å². The number of aliphatic imine (C=N–C) groups is 1. The van der Waals surface area contributed by atoms with Gasteiger partial charge in [-0.1, -0.05) is 6.07 Å². The Hall–Kier alpha value is -2.09. The third kappa shape index (κ3) is 2.45. The lowest BCUT2D eigenvalue weighted by atomic mass is 10.3. The topological polar surface area (TPSA) is 89.2 Å². The Morgan fingerprint density at radius 2 is 2.46 bits per heavy atom. The lowest BCUT2D eigenvalue weighted by Gasteiger charge is -1.97. The van der Waals surface area contributed by atoms with E-state index in [9.17, 15) is 0 Å². The van der Waals surface area contributed by atoms with E-state index in [0.29, 0.717) is 5.82 Å². The molecule has 0 aliphatic rings. The quantitative estimate of drug-likeness (QED) is 0.380. The van der Waals surface area contributed by atoms with Gasteiger partial charge in [0.05, 0.1) is 0 Å². The molecule has 1 aromatic rings. The van der Waals surface area contributed by atoms with Gasteiger partial charge in [0.1, 0.15) is 0 Å². The van der Waals surface area contributed by atoms with Gasteiger partial charge in [0.2, 0.25) is 12.2 Å². The molecule has 0 saturated carbocycles. The van der Waals surface area contributed by atoms with Gasteiger partial charge in [-0.3, -0.25) is 0 Å². The fourth-order valence-electron chi connectivity index (χ4n) is 0.779. The molecule has 0 aliphatic heterocycles. The van der Waals surface area contributed by atoms with E-state index >= 15 is 0 Å². The first kappa shape index (κ1) is 9.00. The molecule has 0 fully saturated rings. The van der Waals surface area contributed by atoms with Gasteiger partial charge in [0.15, 0.2) is 5.82 Å². The third-order valence-corrected chi connectivity index (χ3v) is 1.37. The average Bonchev–Trinajstić information content (AvgIpc) is 2.09. The molecule has 2 N–H and O–H groups in total. The van der Waals surface area contributed by atoms with Gasteiger partial charge in [-0.2, -0.15) is 10.3 Å². The molecule has 1 aromatic heterocycles. The van der Waals surface area contributed by atoms with Gasteiger partial charge in [0.25, 0.3) is 0 Å². The van der Waals surface area contributed by atoms with Crippen molar-refractivity contribution in [3.8, 4) is 6.19 Å². The second-order valence-electron chi connectivity index (χ2n) is 2.33. The number of hydrogen-bond acceptors (Lipinski definition) is 3. The molecule has 0 amide bonds. The monoisotopic (exact) mass is 174 g/mol. The van der Waals surface area contributed by atoms with E-state index in [0.717, 1.165) is 5.56 Å². The highest BCUT2D eigenvalue weighted by atomic mass is 15.1. The van der Waals surface area contributed by atoms with E-state index in [2.05, 4.69) is 15.3 Å². The third-order valence-electron chi connectivity index (χ3n) is 1.37. The lowest BCUT2D eigenvalue weighted by Crippen LogP contribution is -2.20. The number of nitrogens with zero attached hydrogens (tertiary/aromatic N) is 4. The molecule has 5 heteroatoms. The van der Waals surface area contributed by atoms with Crippen molar-refractivity contribution in [2.45, 2.75) is 6.92 Å². The first-order valence-corrected chi connectivity index (χ1v) is 3.59. The van der Waals surface area contributed by atoms with Gasteiger partial charge in [-0.05, 0) is 18.6 Å². The number of aryl methyl sites for hydroxylation is 1. The van der Waals surface area contributed by atoms with E-state index in [1.165, 1.54) is 0 Å². The molecule has 13 heavy (non-hydrogen) atoms. The Balaban J connectivity index is 2.92. The molecule has 0 aromatic carbocycles. The number of guanidine groups is 1. The van der Waals surface area contributed by atoms with E-state index < -0.39 is 0 Å². The van der Waals surface area contributed by atoms with Crippen LogP contribution in [0.2, 0.25) is 0 Å². The molecular formula is C8H8N5. The summed E-state index contributed by atoms with van der Waals surface area (Å²) in [5.74, 6) is 0.406. The molecule has 0 spiro atoms. The van der Waals surface area contributed by atoms with Crippen LogP contribution in [0.25, 0.3) is 0 Å². The van der Waals surface area contributed by atoms with Crippen molar-refractivity contribution >= 4 is 11.8 Å². The summed E-state index contributed by atoms with van der Waals surface area (Å²) in [4.78, 5) is 7.81. The zero-order valence-corrected chi connectivity index (χ0v) is 7.10. The normalized spacial score (nSPS) is 10.6. The smallest absolute Gasteiger partial charge is 0.232 e. The highest BCUT2D eigenvalue weighted by Crippen LogP contribution is 2.12. The van der Waals surface area contributed by atoms with Crippen LogP contribution < -0.4 is 11.1 Å². The second-order valence-corrected chi connectivity index (χ2v) is 2.33. The van der Waals surface area contributed by atoms with Crippen LogP contribution in [0.1, 0.15) is 5.56 Å². The van der Waals surface area contributed by atoms with Crippen molar-refractivity contribution in [1.29, 1.82) is 5.26 Å². The van der Waals surface area contributed by atoms with Gasteiger partial charge >= 0.3 is 0 Å². The maximum atomic E-state index is 8.19. The molecule has 65 valence electrons. The predicted molar refractivity (Wildman–Crippen MR) is 48.0 cm³/mol. The number of aromatic nitrogens is 1. The molecule has 1 rings (SSSR count). The summed E-state index contributed by atoms with van der Waals surface area (Å²) in [6.45, 7) is 1.85. The molecule has 0 atom stereocenters. The van der Waals surface area contributed by atoms with Gasteiger partial charge in [0, 0.05) is 6.20 Å². The van der Waals surface area contributed by atoms with Crippen LogP contribution in [0.15, 0.2) is 23.3 Å². The first-order chi connectivity index (χ1) is 6.24. The largest absolute Gasteiger partial charge is 0.367 e. The van der Waals surface area contributed by atoms with Crippen LogP contribution in [0, 0.1) is 18.4 Å². The van der Waals surface area contributed by atoms with Crippen molar-refractivity contribution in [3.05, 3.63) is 23.9 Å². The van der Waals surface area contributed by atoms with E-state index in [-0.39, 0.29) is 5.96 Å². The molecule has 5 nitrogen and oxygen atoms in total. The summed E-state index contributed by atoms with van der Waals surface area (Å²) >= 11 is 0. The second kappa shape index (κ2) is 4.07. The van der Waals surface area contributed by atoms with Crippen LogP contribution in [-0.2, 0) is 0 Å². The SMILES string of the molecule is Cc1cccnc1N=C(N)[N]C#N. The zero-order chi connectivity index (χ0) is 9.68. The summed E-state index contributed by atoms with van der Waals surface area (Å²) in [5, 5.41) is 11.4. The Bertz CT molecular complexity index is 363. The first-order valence-electron chi connectivity index (χ1n) is 3.59. The predicted octanol–water partition coefficient (Wildman–Crippen LogP) is 0.422. The highest BCUT2D eigenvalue weighted by molar-refractivity contribution is 5.81. The molecule has 1 radical (unpaired) electrons. The standard InChI is InChI=1S/C8H8N5/c1-6-3-2-4-11-7(6)13-8(10)12-5-9/h2-4H,1H3,(H2,10,11,13). The van der Waals surface area contributed by atoms with Crippen molar-refractivity contribution in [2.24, 2.45) is 10.7 Å². The molecule has 0 aliphatic carbocycles. The molecule has 1 heterocycles. The van der Waals surface area contributed by atoms with Crippen molar-refractivity contribution in [2.75, 3.05) is 0 Å². The minimum Gasteiger partial charge on any atom is -0.367 e. The number of nitriles is 1. The van der Waals surface area contributed by atoms with Crippen LogP contribution in [0.4, 0.5) is 5.82 Å². The summed E-state index contributed by atoms with van der Waals surface area (Å²) in [5.41, 5.74) is 6.19. The van der Waals surface area contributed by atoms with Crippen molar-refractivity contribution in [1.82, 2.24) is 10.3 Å². The van der Waals surface area contributed by atoms with E-state index in [1.807, 2.05) is 13.0 Å². The number of rotatable bonds is 1. The summed E-state index contributed by atoms with van der Waals surface area (Å²) in [7, 11) is 0. The van der Waals surface area contributed by atoms with Crippen LogP contribution in [-0.4, -0.2) is 10.9 Å². The summed E-state index contributed by atoms with van der Waals surface area (Å²) in [6.07, 6.45) is 3.15. The molecule has 0 unspecified atom stereocenters. The van der Waals surface area contributed by atoms with E-state index in [4.69, 9.17) is 11.0 Å². The van der Waals surface area contributed by atoms with Crippen molar-refractivity contribution < 1.29 is 0 Å². The van der Waals surface area contributed by atoms with Crippen LogP contribution >= 0.6 is 0 Å². The fourth-order valence-corrected chi connectivity index (χ4v) is 0.779. The zero-order valence-electron chi connectivity index (χ0n) is 7.10. The Labute approximate surface area is 75.9 Å². The Morgan fingerprint density at radius 3 is 3.08 bits per heavy atom. The minimum atomic E-state index is -0.0794. The van der Waals surface area contributed by atoms with Gasteiger partial charge in [-0.25, -0.2) is 4.98 Å².